The molecule has 1 saturated heterocycles. The summed E-state index contributed by atoms with van der Waals surface area (Å²) in [5.41, 5.74) is 0.187. The Morgan fingerprint density at radius 1 is 1.38 bits per heavy atom. The molecule has 0 radical (unpaired) electrons. The maximum Gasteiger partial charge on any atom is 0.213 e. The lowest BCUT2D eigenvalue weighted by molar-refractivity contribution is -0.192. The zero-order chi connectivity index (χ0) is 15.7. The minimum absolute atomic E-state index is 0.174. The van der Waals surface area contributed by atoms with Crippen LogP contribution in [0.3, 0.4) is 0 Å². The van der Waals surface area contributed by atoms with Gasteiger partial charge < -0.3 is 10.1 Å². The first-order valence-electron chi connectivity index (χ1n) is 8.09. The second-order valence-corrected chi connectivity index (χ2v) is 9.29. The van der Waals surface area contributed by atoms with Crippen molar-refractivity contribution in [1.29, 1.82) is 0 Å². The van der Waals surface area contributed by atoms with Crippen LogP contribution in [0.1, 0.15) is 40.0 Å². The van der Waals surface area contributed by atoms with E-state index in [2.05, 4.69) is 19.2 Å². The molecule has 1 heterocycles. The third kappa shape index (κ3) is 3.44. The maximum absolute atomic E-state index is 11.7. The van der Waals surface area contributed by atoms with Gasteiger partial charge in [0.2, 0.25) is 10.0 Å². The summed E-state index contributed by atoms with van der Waals surface area (Å²) in [7, 11) is -1.38. The van der Waals surface area contributed by atoms with Gasteiger partial charge in [-0.05, 0) is 32.7 Å². The summed E-state index contributed by atoms with van der Waals surface area (Å²) in [6.07, 6.45) is 3.65. The van der Waals surface area contributed by atoms with Crippen molar-refractivity contribution < 1.29 is 13.2 Å². The lowest BCUT2D eigenvalue weighted by Gasteiger charge is -2.60. The molecule has 0 aromatic heterocycles. The van der Waals surface area contributed by atoms with Crippen LogP contribution < -0.4 is 5.32 Å². The highest BCUT2D eigenvalue weighted by Crippen LogP contribution is 2.51. The van der Waals surface area contributed by atoms with Crippen LogP contribution >= 0.6 is 0 Å². The van der Waals surface area contributed by atoms with Gasteiger partial charge in [-0.2, -0.15) is 0 Å². The summed E-state index contributed by atoms with van der Waals surface area (Å²) in [5.74, 6) is 0.805. The van der Waals surface area contributed by atoms with Gasteiger partial charge in [0.05, 0.1) is 11.9 Å². The van der Waals surface area contributed by atoms with Gasteiger partial charge in [-0.25, -0.2) is 12.7 Å². The molecule has 0 aromatic carbocycles. The number of sulfonamides is 1. The Morgan fingerprint density at radius 2 is 2.10 bits per heavy atom. The van der Waals surface area contributed by atoms with Crippen molar-refractivity contribution in [2.45, 2.75) is 52.2 Å². The molecule has 0 unspecified atom stereocenters. The molecule has 1 aliphatic heterocycles. The summed E-state index contributed by atoms with van der Waals surface area (Å²) < 4.78 is 30.7. The van der Waals surface area contributed by atoms with E-state index in [9.17, 15) is 8.42 Å². The van der Waals surface area contributed by atoms with Crippen molar-refractivity contribution >= 4 is 10.0 Å². The summed E-state index contributed by atoms with van der Waals surface area (Å²) in [5, 5.41) is 3.63. The molecule has 0 aromatic rings. The SMILES string of the molecule is CCS(=O)(=O)N(C)CCCN[C@@H]1[C@H]2CCCO[C@H]2C1(C)C. The quantitative estimate of drug-likeness (QED) is 0.722. The van der Waals surface area contributed by atoms with Crippen molar-refractivity contribution in [3.63, 3.8) is 0 Å². The highest BCUT2D eigenvalue weighted by atomic mass is 32.2. The molecule has 21 heavy (non-hydrogen) atoms. The van der Waals surface area contributed by atoms with Gasteiger partial charge in [0.1, 0.15) is 0 Å². The van der Waals surface area contributed by atoms with Crippen LogP contribution in [0.15, 0.2) is 0 Å². The first kappa shape index (κ1) is 17.2. The molecule has 6 heteroatoms. The van der Waals surface area contributed by atoms with Crippen LogP contribution in [-0.4, -0.2) is 57.4 Å². The van der Waals surface area contributed by atoms with E-state index in [4.69, 9.17) is 4.74 Å². The van der Waals surface area contributed by atoms with Crippen molar-refractivity contribution in [2.24, 2.45) is 11.3 Å². The zero-order valence-electron chi connectivity index (χ0n) is 13.8. The summed E-state index contributed by atoms with van der Waals surface area (Å²) >= 11 is 0. The van der Waals surface area contributed by atoms with Crippen LogP contribution in [-0.2, 0) is 14.8 Å². The molecule has 2 aliphatic rings. The highest BCUT2D eigenvalue weighted by molar-refractivity contribution is 7.89. The van der Waals surface area contributed by atoms with Gasteiger partial charge in [-0.1, -0.05) is 13.8 Å². The fourth-order valence-electron chi connectivity index (χ4n) is 3.86. The minimum Gasteiger partial charge on any atom is -0.377 e. The normalized spacial score (nSPS) is 31.8. The molecule has 2 rings (SSSR count). The van der Waals surface area contributed by atoms with E-state index in [1.807, 2.05) is 0 Å². The number of rotatable bonds is 7. The Hall–Kier alpha value is -0.170. The molecule has 0 spiro atoms. The van der Waals surface area contributed by atoms with E-state index in [1.54, 1.807) is 14.0 Å². The van der Waals surface area contributed by atoms with E-state index in [0.29, 0.717) is 24.6 Å². The largest absolute Gasteiger partial charge is 0.377 e. The molecule has 2 fully saturated rings. The Labute approximate surface area is 129 Å². The van der Waals surface area contributed by atoms with Gasteiger partial charge in [0.25, 0.3) is 0 Å². The molecule has 0 amide bonds. The molecular formula is C15H30N2O3S. The average molecular weight is 318 g/mol. The molecule has 1 N–H and O–H groups in total. The first-order valence-corrected chi connectivity index (χ1v) is 9.70. The van der Waals surface area contributed by atoms with Crippen molar-refractivity contribution in [3.8, 4) is 0 Å². The monoisotopic (exact) mass is 318 g/mol. The van der Waals surface area contributed by atoms with Crippen LogP contribution in [0.25, 0.3) is 0 Å². The Balaban J connectivity index is 1.74. The highest BCUT2D eigenvalue weighted by Gasteiger charge is 2.57. The van der Waals surface area contributed by atoms with Crippen LogP contribution in [0, 0.1) is 11.3 Å². The fourth-order valence-corrected chi connectivity index (χ4v) is 4.70. The van der Waals surface area contributed by atoms with E-state index < -0.39 is 10.0 Å². The predicted molar refractivity (Wildman–Crippen MR) is 84.7 cm³/mol. The van der Waals surface area contributed by atoms with E-state index in [0.717, 1.165) is 26.0 Å². The Morgan fingerprint density at radius 3 is 2.76 bits per heavy atom. The number of ether oxygens (including phenoxy) is 1. The summed E-state index contributed by atoms with van der Waals surface area (Å²) in [6.45, 7) is 8.57. The molecule has 5 nitrogen and oxygen atoms in total. The summed E-state index contributed by atoms with van der Waals surface area (Å²) in [6, 6.07) is 0.496. The topological polar surface area (TPSA) is 58.6 Å². The van der Waals surface area contributed by atoms with Gasteiger partial charge in [-0.3, -0.25) is 0 Å². The van der Waals surface area contributed by atoms with Crippen molar-refractivity contribution in [1.82, 2.24) is 9.62 Å². The molecule has 3 atom stereocenters. The molecule has 1 aliphatic carbocycles. The van der Waals surface area contributed by atoms with Crippen molar-refractivity contribution in [3.05, 3.63) is 0 Å². The average Bonchev–Trinajstić information content (AvgIpc) is 2.46. The van der Waals surface area contributed by atoms with Gasteiger partial charge in [0.15, 0.2) is 0 Å². The standard InChI is InChI=1S/C15H30N2O3S/c1-5-21(18,19)17(4)10-7-9-16-13-12-8-6-11-20-14(12)15(13,2)3/h12-14,16H,5-11H2,1-4H3/t12-,13-,14-/m1/s1. The van der Waals surface area contributed by atoms with Gasteiger partial charge in [-0.15, -0.1) is 0 Å². The maximum atomic E-state index is 11.7. The van der Waals surface area contributed by atoms with Crippen molar-refractivity contribution in [2.75, 3.05) is 32.5 Å². The van der Waals surface area contributed by atoms with Crippen LogP contribution in [0.4, 0.5) is 0 Å². The predicted octanol–water partition coefficient (Wildman–Crippen LogP) is 1.45. The van der Waals surface area contributed by atoms with Gasteiger partial charge in [0, 0.05) is 37.6 Å². The van der Waals surface area contributed by atoms with Crippen LogP contribution in [0.5, 0.6) is 0 Å². The number of nitrogens with one attached hydrogen (secondary N) is 1. The molecular weight excluding hydrogens is 288 g/mol. The third-order valence-corrected chi connectivity index (χ3v) is 7.05. The number of hydrogen-bond acceptors (Lipinski definition) is 4. The number of nitrogens with zero attached hydrogens (tertiary/aromatic N) is 1. The Kier molecular flexibility index (Phi) is 5.34. The molecule has 124 valence electrons. The van der Waals surface area contributed by atoms with Gasteiger partial charge >= 0.3 is 0 Å². The van der Waals surface area contributed by atoms with E-state index >= 15 is 0 Å². The van der Waals surface area contributed by atoms with Crippen LogP contribution in [0.2, 0.25) is 0 Å². The Bertz CT molecular complexity index is 450. The molecule has 0 bridgehead atoms. The van der Waals surface area contributed by atoms with E-state index in [1.165, 1.54) is 10.7 Å². The number of hydrogen-bond donors (Lipinski definition) is 1. The third-order valence-electron chi connectivity index (χ3n) is 5.18. The second kappa shape index (κ2) is 6.52. The smallest absolute Gasteiger partial charge is 0.213 e. The lowest BCUT2D eigenvalue weighted by atomic mass is 9.55. The lowest BCUT2D eigenvalue weighted by Crippen LogP contribution is -2.69. The minimum atomic E-state index is -3.05. The second-order valence-electron chi connectivity index (χ2n) is 6.93. The summed E-state index contributed by atoms with van der Waals surface area (Å²) in [4.78, 5) is 0. The van der Waals surface area contributed by atoms with E-state index in [-0.39, 0.29) is 11.2 Å². The zero-order valence-corrected chi connectivity index (χ0v) is 14.6. The molecule has 1 saturated carbocycles. The first-order chi connectivity index (χ1) is 9.80. The number of fused-ring (bicyclic) bond motifs is 1. The fraction of sp³-hybridized carbons (Fsp3) is 1.00.